The van der Waals surface area contributed by atoms with Crippen LogP contribution in [0.2, 0.25) is 5.02 Å². The van der Waals surface area contributed by atoms with Crippen LogP contribution in [0.25, 0.3) is 0 Å². The predicted molar refractivity (Wildman–Crippen MR) is 75.4 cm³/mol. The van der Waals surface area contributed by atoms with Crippen molar-refractivity contribution in [3.05, 3.63) is 28.8 Å². The second kappa shape index (κ2) is 4.75. The normalized spacial score (nSPS) is 25.8. The van der Waals surface area contributed by atoms with Gasteiger partial charge in [-0.25, -0.2) is 0 Å². The zero-order valence-electron chi connectivity index (χ0n) is 10.8. The monoisotopic (exact) mass is 265 g/mol. The van der Waals surface area contributed by atoms with Gasteiger partial charge in [-0.15, -0.1) is 0 Å². The van der Waals surface area contributed by atoms with Gasteiger partial charge in [0.2, 0.25) is 0 Å². The van der Waals surface area contributed by atoms with Crippen molar-refractivity contribution in [2.45, 2.75) is 50.7 Å². The number of ether oxygens (including phenoxy) is 1. The summed E-state index contributed by atoms with van der Waals surface area (Å²) in [6, 6.07) is 6.74. The van der Waals surface area contributed by atoms with E-state index in [1.165, 1.54) is 19.3 Å². The third-order valence-corrected chi connectivity index (χ3v) is 4.71. The van der Waals surface area contributed by atoms with Crippen molar-refractivity contribution in [2.24, 2.45) is 0 Å². The molecule has 1 N–H and O–H groups in total. The summed E-state index contributed by atoms with van der Waals surface area (Å²) in [4.78, 5) is 0. The highest BCUT2D eigenvalue weighted by atomic mass is 35.5. The van der Waals surface area contributed by atoms with Crippen LogP contribution in [0.3, 0.4) is 0 Å². The zero-order valence-corrected chi connectivity index (χ0v) is 11.6. The Morgan fingerprint density at radius 1 is 1.39 bits per heavy atom. The van der Waals surface area contributed by atoms with E-state index >= 15 is 0 Å². The molecule has 0 radical (unpaired) electrons. The van der Waals surface area contributed by atoms with Crippen molar-refractivity contribution in [2.75, 3.05) is 11.9 Å². The van der Waals surface area contributed by atoms with Crippen molar-refractivity contribution >= 4 is 17.3 Å². The molecule has 1 heterocycles. The summed E-state index contributed by atoms with van der Waals surface area (Å²) in [5.41, 5.74) is 2.46. The van der Waals surface area contributed by atoms with E-state index in [0.717, 1.165) is 35.7 Å². The summed E-state index contributed by atoms with van der Waals surface area (Å²) >= 11 is 6.16. The molecule has 2 fully saturated rings. The fourth-order valence-electron chi connectivity index (χ4n) is 2.99. The van der Waals surface area contributed by atoms with Crippen molar-refractivity contribution < 1.29 is 4.74 Å². The van der Waals surface area contributed by atoms with E-state index in [1.807, 2.05) is 13.0 Å². The Kier molecular flexibility index (Phi) is 3.25. The Morgan fingerprint density at radius 2 is 2.22 bits per heavy atom. The first kappa shape index (κ1) is 12.3. The minimum Gasteiger partial charge on any atom is -0.382 e. The Bertz CT molecular complexity index is 442. The number of benzene rings is 1. The van der Waals surface area contributed by atoms with Gasteiger partial charge in [0.1, 0.15) is 0 Å². The number of rotatable bonds is 2. The topological polar surface area (TPSA) is 21.3 Å². The molecule has 1 aliphatic carbocycles. The van der Waals surface area contributed by atoms with Crippen LogP contribution in [0.1, 0.15) is 37.7 Å². The molecular formula is C15H20ClNO. The van der Waals surface area contributed by atoms with Gasteiger partial charge in [-0.3, -0.25) is 0 Å². The Labute approximate surface area is 114 Å². The molecule has 18 heavy (non-hydrogen) atoms. The van der Waals surface area contributed by atoms with Crippen LogP contribution in [0.15, 0.2) is 18.2 Å². The lowest BCUT2D eigenvalue weighted by atomic mass is 9.74. The smallest absolute Gasteiger partial charge is 0.0702 e. The summed E-state index contributed by atoms with van der Waals surface area (Å²) in [6.07, 6.45) is 6.02. The molecule has 98 valence electrons. The lowest BCUT2D eigenvalue weighted by Gasteiger charge is -2.47. The molecule has 1 aromatic rings. The van der Waals surface area contributed by atoms with E-state index < -0.39 is 0 Å². The van der Waals surface area contributed by atoms with Crippen LogP contribution in [0.5, 0.6) is 0 Å². The molecule has 1 saturated heterocycles. The Balaban J connectivity index is 1.66. The van der Waals surface area contributed by atoms with Crippen LogP contribution in [0, 0.1) is 6.92 Å². The molecule has 1 atom stereocenters. The SMILES string of the molecule is Cc1ccc(NC2CCOC3(CCC3)C2)cc1Cl. The van der Waals surface area contributed by atoms with Gasteiger partial charge in [0.15, 0.2) is 0 Å². The molecule has 0 amide bonds. The fourth-order valence-corrected chi connectivity index (χ4v) is 3.17. The van der Waals surface area contributed by atoms with E-state index in [2.05, 4.69) is 17.4 Å². The summed E-state index contributed by atoms with van der Waals surface area (Å²) in [5.74, 6) is 0. The van der Waals surface area contributed by atoms with E-state index in [0.29, 0.717) is 6.04 Å². The minimum absolute atomic E-state index is 0.199. The van der Waals surface area contributed by atoms with E-state index in [9.17, 15) is 0 Å². The van der Waals surface area contributed by atoms with Gasteiger partial charge in [-0.2, -0.15) is 0 Å². The van der Waals surface area contributed by atoms with E-state index in [1.54, 1.807) is 0 Å². The fraction of sp³-hybridized carbons (Fsp3) is 0.600. The lowest BCUT2D eigenvalue weighted by Crippen LogP contribution is -2.49. The van der Waals surface area contributed by atoms with Crippen molar-refractivity contribution in [3.63, 3.8) is 0 Å². The summed E-state index contributed by atoms with van der Waals surface area (Å²) in [7, 11) is 0. The highest BCUT2D eigenvalue weighted by Gasteiger charge is 2.42. The van der Waals surface area contributed by atoms with Gasteiger partial charge in [-0.05, 0) is 56.7 Å². The molecule has 1 saturated carbocycles. The highest BCUT2D eigenvalue weighted by molar-refractivity contribution is 6.31. The van der Waals surface area contributed by atoms with Gasteiger partial charge in [0.25, 0.3) is 0 Å². The van der Waals surface area contributed by atoms with Crippen LogP contribution in [0.4, 0.5) is 5.69 Å². The molecule has 0 bridgehead atoms. The van der Waals surface area contributed by atoms with E-state index in [4.69, 9.17) is 16.3 Å². The van der Waals surface area contributed by atoms with Crippen LogP contribution < -0.4 is 5.32 Å². The molecule has 1 aromatic carbocycles. The second-order valence-corrected chi connectivity index (χ2v) is 6.09. The largest absolute Gasteiger partial charge is 0.382 e. The zero-order chi connectivity index (χ0) is 12.6. The van der Waals surface area contributed by atoms with Gasteiger partial charge in [0, 0.05) is 23.4 Å². The number of hydrogen-bond donors (Lipinski definition) is 1. The third-order valence-electron chi connectivity index (χ3n) is 4.30. The molecule has 1 aliphatic heterocycles. The molecule has 2 aliphatic rings. The van der Waals surface area contributed by atoms with Crippen LogP contribution in [-0.2, 0) is 4.74 Å². The average Bonchev–Trinajstić information content (AvgIpc) is 2.32. The number of anilines is 1. The predicted octanol–water partition coefficient (Wildman–Crippen LogP) is 4.16. The first-order valence-electron chi connectivity index (χ1n) is 6.84. The first-order valence-corrected chi connectivity index (χ1v) is 7.21. The lowest BCUT2D eigenvalue weighted by molar-refractivity contribution is -0.130. The molecule has 0 aromatic heterocycles. The van der Waals surface area contributed by atoms with Crippen LogP contribution >= 0.6 is 11.6 Å². The van der Waals surface area contributed by atoms with Gasteiger partial charge in [-0.1, -0.05) is 17.7 Å². The minimum atomic E-state index is 0.199. The van der Waals surface area contributed by atoms with Gasteiger partial charge < -0.3 is 10.1 Å². The maximum Gasteiger partial charge on any atom is 0.0702 e. The number of hydrogen-bond acceptors (Lipinski definition) is 2. The maximum atomic E-state index is 6.16. The van der Waals surface area contributed by atoms with Crippen molar-refractivity contribution in [3.8, 4) is 0 Å². The molecule has 1 spiro atoms. The molecule has 2 nitrogen and oxygen atoms in total. The van der Waals surface area contributed by atoms with Crippen LogP contribution in [-0.4, -0.2) is 18.2 Å². The summed E-state index contributed by atoms with van der Waals surface area (Å²) in [6.45, 7) is 2.92. The highest BCUT2D eigenvalue weighted by Crippen LogP contribution is 2.42. The van der Waals surface area contributed by atoms with Crippen molar-refractivity contribution in [1.29, 1.82) is 0 Å². The summed E-state index contributed by atoms with van der Waals surface area (Å²) in [5, 5.41) is 4.45. The quantitative estimate of drug-likeness (QED) is 0.867. The van der Waals surface area contributed by atoms with E-state index in [-0.39, 0.29) is 5.60 Å². The average molecular weight is 266 g/mol. The number of nitrogens with one attached hydrogen (secondary N) is 1. The molecule has 1 unspecified atom stereocenters. The Morgan fingerprint density at radius 3 is 2.89 bits per heavy atom. The second-order valence-electron chi connectivity index (χ2n) is 5.68. The summed E-state index contributed by atoms with van der Waals surface area (Å²) < 4.78 is 5.95. The molecule has 3 rings (SSSR count). The molecule has 3 heteroatoms. The Hall–Kier alpha value is -0.730. The standard InChI is InChI=1S/C15H20ClNO/c1-11-3-4-12(9-14(11)16)17-13-5-8-18-15(10-13)6-2-7-15/h3-4,9,13,17H,2,5-8,10H2,1H3. The first-order chi connectivity index (χ1) is 8.67. The molecular weight excluding hydrogens is 246 g/mol. The number of halogens is 1. The van der Waals surface area contributed by atoms with Gasteiger partial charge in [0.05, 0.1) is 5.60 Å². The third kappa shape index (κ3) is 2.36. The maximum absolute atomic E-state index is 6.16. The van der Waals surface area contributed by atoms with Gasteiger partial charge >= 0.3 is 0 Å². The van der Waals surface area contributed by atoms with Crippen molar-refractivity contribution in [1.82, 2.24) is 0 Å². The number of aryl methyl sites for hydroxylation is 1.